The van der Waals surface area contributed by atoms with Gasteiger partial charge in [0.25, 0.3) is 0 Å². The summed E-state index contributed by atoms with van der Waals surface area (Å²) in [7, 11) is 0. The number of alkyl halides is 1. The zero-order chi connectivity index (χ0) is 15.4. The summed E-state index contributed by atoms with van der Waals surface area (Å²) < 4.78 is 5.23. The molecular formula is C16H19BrO4. The number of phenolic OH excluding ortho intramolecular Hbond substituents is 2. The van der Waals surface area contributed by atoms with Gasteiger partial charge in [-0.05, 0) is 18.6 Å². The molecule has 0 bridgehead atoms. The molecule has 0 fully saturated rings. The number of esters is 1. The van der Waals surface area contributed by atoms with Crippen LogP contribution >= 0.6 is 15.9 Å². The lowest BCUT2D eigenvalue weighted by molar-refractivity contribution is 0.0465. The van der Waals surface area contributed by atoms with Crippen molar-refractivity contribution < 1.29 is 19.7 Å². The molecule has 0 aliphatic carbocycles. The average Bonchev–Trinajstić information content (AvgIpc) is 2.78. The Bertz CT molecular complexity index is 553. The third kappa shape index (κ3) is 3.59. The van der Waals surface area contributed by atoms with Gasteiger partial charge in [0.05, 0.1) is 0 Å². The van der Waals surface area contributed by atoms with E-state index in [0.717, 1.165) is 12.8 Å². The quantitative estimate of drug-likeness (QED) is 0.264. The minimum absolute atomic E-state index is 0.0572. The monoisotopic (exact) mass is 354 g/mol. The van der Waals surface area contributed by atoms with E-state index in [-0.39, 0.29) is 16.1 Å². The van der Waals surface area contributed by atoms with Crippen LogP contribution in [0.1, 0.15) is 54.6 Å². The summed E-state index contributed by atoms with van der Waals surface area (Å²) in [5.41, 5.74) is 0.640. The Morgan fingerprint density at radius 2 is 2.14 bits per heavy atom. The molecule has 0 radical (unpaired) electrons. The molecule has 1 aromatic rings. The predicted octanol–water partition coefficient (Wildman–Crippen LogP) is 4.21. The molecule has 0 saturated carbocycles. The first kappa shape index (κ1) is 15.9. The summed E-state index contributed by atoms with van der Waals surface area (Å²) in [6.07, 6.45) is 7.82. The topological polar surface area (TPSA) is 66.8 Å². The fraction of sp³-hybridized carbons (Fsp3) is 0.438. The van der Waals surface area contributed by atoms with E-state index >= 15 is 0 Å². The van der Waals surface area contributed by atoms with E-state index in [4.69, 9.17) is 4.74 Å². The van der Waals surface area contributed by atoms with Crippen molar-refractivity contribution in [1.82, 2.24) is 0 Å². The SMILES string of the molecule is CCCCCC(Br)/C=C/C1OC(=O)c2c1ccc(O)c2O. The zero-order valence-electron chi connectivity index (χ0n) is 11.9. The first-order valence-corrected chi connectivity index (χ1v) is 8.04. The molecule has 1 aliphatic heterocycles. The molecule has 0 spiro atoms. The lowest BCUT2D eigenvalue weighted by Crippen LogP contribution is -1.98. The van der Waals surface area contributed by atoms with Crippen molar-refractivity contribution in [3.63, 3.8) is 0 Å². The van der Waals surface area contributed by atoms with Crippen LogP contribution in [-0.4, -0.2) is 21.0 Å². The Balaban J connectivity index is 2.08. The fourth-order valence-electron chi connectivity index (χ4n) is 2.34. The summed E-state index contributed by atoms with van der Waals surface area (Å²) in [6, 6.07) is 2.97. The van der Waals surface area contributed by atoms with Crippen molar-refractivity contribution in [2.24, 2.45) is 0 Å². The maximum atomic E-state index is 11.8. The Labute approximate surface area is 132 Å². The molecule has 0 aromatic heterocycles. The molecule has 0 amide bonds. The van der Waals surface area contributed by atoms with E-state index in [9.17, 15) is 15.0 Å². The minimum Gasteiger partial charge on any atom is -0.504 e. The van der Waals surface area contributed by atoms with E-state index in [0.29, 0.717) is 5.56 Å². The summed E-state index contributed by atoms with van der Waals surface area (Å²) in [6.45, 7) is 2.16. The lowest BCUT2D eigenvalue weighted by Gasteiger charge is -2.07. The van der Waals surface area contributed by atoms with Crippen molar-refractivity contribution in [3.8, 4) is 11.5 Å². The van der Waals surface area contributed by atoms with Gasteiger partial charge in [0.1, 0.15) is 11.7 Å². The van der Waals surface area contributed by atoms with Crippen LogP contribution in [0.2, 0.25) is 0 Å². The van der Waals surface area contributed by atoms with Crippen molar-refractivity contribution >= 4 is 21.9 Å². The second-order valence-corrected chi connectivity index (χ2v) is 6.30. The molecule has 2 rings (SSSR count). The first-order chi connectivity index (χ1) is 10.0. The van der Waals surface area contributed by atoms with Gasteiger partial charge < -0.3 is 14.9 Å². The van der Waals surface area contributed by atoms with Gasteiger partial charge in [-0.15, -0.1) is 0 Å². The van der Waals surface area contributed by atoms with Crippen LogP contribution in [0.5, 0.6) is 11.5 Å². The molecule has 1 heterocycles. The van der Waals surface area contributed by atoms with Crippen molar-refractivity contribution in [2.75, 3.05) is 0 Å². The second-order valence-electron chi connectivity index (χ2n) is 5.12. The van der Waals surface area contributed by atoms with Crippen molar-refractivity contribution in [2.45, 2.75) is 43.5 Å². The number of aromatic hydroxyl groups is 2. The van der Waals surface area contributed by atoms with E-state index in [2.05, 4.69) is 22.9 Å². The van der Waals surface area contributed by atoms with Gasteiger partial charge in [-0.1, -0.05) is 54.3 Å². The average molecular weight is 355 g/mol. The summed E-state index contributed by atoms with van der Waals surface area (Å²) in [4.78, 5) is 12.0. The van der Waals surface area contributed by atoms with E-state index in [1.807, 2.05) is 12.2 Å². The third-order valence-electron chi connectivity index (χ3n) is 3.51. The van der Waals surface area contributed by atoms with Crippen LogP contribution < -0.4 is 0 Å². The van der Waals surface area contributed by atoms with Gasteiger partial charge >= 0.3 is 5.97 Å². The largest absolute Gasteiger partial charge is 0.504 e. The molecule has 2 N–H and O–H groups in total. The fourth-order valence-corrected chi connectivity index (χ4v) is 2.84. The maximum Gasteiger partial charge on any atom is 0.343 e. The number of allylic oxidation sites excluding steroid dienone is 1. The number of phenols is 2. The number of carbonyl (C=O) groups excluding carboxylic acids is 1. The van der Waals surface area contributed by atoms with Gasteiger partial charge in [-0.2, -0.15) is 0 Å². The molecule has 5 heteroatoms. The number of rotatable bonds is 6. The Kier molecular flexibility index (Phi) is 5.28. The van der Waals surface area contributed by atoms with Gasteiger partial charge in [-0.3, -0.25) is 0 Å². The maximum absolute atomic E-state index is 11.8. The van der Waals surface area contributed by atoms with Crippen LogP contribution in [0.3, 0.4) is 0 Å². The first-order valence-electron chi connectivity index (χ1n) is 7.12. The van der Waals surface area contributed by atoms with E-state index in [1.165, 1.54) is 18.9 Å². The number of benzene rings is 1. The minimum atomic E-state index is -0.606. The molecular weight excluding hydrogens is 336 g/mol. The Morgan fingerprint density at radius 3 is 2.86 bits per heavy atom. The number of hydrogen-bond donors (Lipinski definition) is 2. The van der Waals surface area contributed by atoms with Crippen LogP contribution in [0.15, 0.2) is 24.3 Å². The second kappa shape index (κ2) is 6.98. The highest BCUT2D eigenvalue weighted by atomic mass is 79.9. The summed E-state index contributed by atoms with van der Waals surface area (Å²) >= 11 is 3.58. The van der Waals surface area contributed by atoms with Gasteiger partial charge in [0.2, 0.25) is 0 Å². The predicted molar refractivity (Wildman–Crippen MR) is 83.9 cm³/mol. The van der Waals surface area contributed by atoms with E-state index < -0.39 is 17.8 Å². The molecule has 114 valence electrons. The van der Waals surface area contributed by atoms with Crippen molar-refractivity contribution in [1.29, 1.82) is 0 Å². The zero-order valence-corrected chi connectivity index (χ0v) is 13.5. The Morgan fingerprint density at radius 1 is 1.38 bits per heavy atom. The number of fused-ring (bicyclic) bond motifs is 1. The number of cyclic esters (lactones) is 1. The number of halogens is 1. The molecule has 1 aliphatic rings. The number of hydrogen-bond acceptors (Lipinski definition) is 4. The van der Waals surface area contributed by atoms with Crippen LogP contribution in [0.25, 0.3) is 0 Å². The summed E-state index contributed by atoms with van der Waals surface area (Å²) in [5.74, 6) is -1.33. The van der Waals surface area contributed by atoms with Crippen LogP contribution in [0, 0.1) is 0 Å². The van der Waals surface area contributed by atoms with E-state index in [1.54, 1.807) is 6.07 Å². The third-order valence-corrected chi connectivity index (χ3v) is 4.27. The van der Waals surface area contributed by atoms with Gasteiger partial charge in [0.15, 0.2) is 11.5 Å². The lowest BCUT2D eigenvalue weighted by atomic mass is 10.0. The normalized spacial score (nSPS) is 18.8. The van der Waals surface area contributed by atoms with Gasteiger partial charge in [0, 0.05) is 10.4 Å². The smallest absolute Gasteiger partial charge is 0.343 e. The molecule has 1 aromatic carbocycles. The molecule has 0 saturated heterocycles. The number of ether oxygens (including phenoxy) is 1. The van der Waals surface area contributed by atoms with Gasteiger partial charge in [-0.25, -0.2) is 4.79 Å². The van der Waals surface area contributed by atoms with Crippen LogP contribution in [-0.2, 0) is 4.74 Å². The highest BCUT2D eigenvalue weighted by Crippen LogP contribution is 2.41. The van der Waals surface area contributed by atoms with Crippen molar-refractivity contribution in [3.05, 3.63) is 35.4 Å². The molecule has 2 unspecified atom stereocenters. The Hall–Kier alpha value is -1.49. The molecule has 21 heavy (non-hydrogen) atoms. The summed E-state index contributed by atoms with van der Waals surface area (Å²) in [5, 5.41) is 19.2. The number of unbranched alkanes of at least 4 members (excludes halogenated alkanes) is 2. The molecule has 2 atom stereocenters. The highest BCUT2D eigenvalue weighted by Gasteiger charge is 2.33. The molecule has 4 nitrogen and oxygen atoms in total. The van der Waals surface area contributed by atoms with Crippen LogP contribution in [0.4, 0.5) is 0 Å². The number of carbonyl (C=O) groups is 1. The highest BCUT2D eigenvalue weighted by molar-refractivity contribution is 9.09. The standard InChI is InChI=1S/C16H19BrO4/c1-2-3-4-5-10(17)6-9-13-11-7-8-12(18)15(19)14(11)16(20)21-13/h6-10,13,18-19H,2-5H2,1H3/b9-6+.